The highest BCUT2D eigenvalue weighted by atomic mass is 79.9. The van der Waals surface area contributed by atoms with E-state index in [1.54, 1.807) is 0 Å². The fraction of sp³-hybridized carbons (Fsp3) is 0.462. The molecule has 0 spiro atoms. The van der Waals surface area contributed by atoms with Gasteiger partial charge in [-0.1, -0.05) is 0 Å². The minimum absolute atomic E-state index is 0.0122. The van der Waals surface area contributed by atoms with E-state index >= 15 is 0 Å². The maximum Gasteiger partial charge on any atom is 0.268 e. The molecule has 1 atom stereocenters. The van der Waals surface area contributed by atoms with E-state index < -0.39 is 0 Å². The van der Waals surface area contributed by atoms with E-state index in [0.29, 0.717) is 12.1 Å². The Morgan fingerprint density at radius 1 is 1.59 bits per heavy atom. The first-order valence-electron chi connectivity index (χ1n) is 5.57. The molecule has 1 heterocycles. The largest absolute Gasteiger partial charge is 0.347 e. The third-order valence-corrected chi connectivity index (χ3v) is 2.84. The Kier molecular flexibility index (Phi) is 4.83. The van der Waals surface area contributed by atoms with E-state index in [4.69, 9.17) is 6.42 Å². The third kappa shape index (κ3) is 3.64. The summed E-state index contributed by atoms with van der Waals surface area (Å²) in [6.45, 7) is 5.97. The normalized spacial score (nSPS) is 12.2. The molecule has 1 amide bonds. The van der Waals surface area contributed by atoms with Crippen LogP contribution in [0.3, 0.4) is 0 Å². The predicted molar refractivity (Wildman–Crippen MR) is 72.9 cm³/mol. The Morgan fingerprint density at radius 3 is 2.76 bits per heavy atom. The van der Waals surface area contributed by atoms with Crippen molar-refractivity contribution in [3.8, 4) is 12.3 Å². The van der Waals surface area contributed by atoms with E-state index in [2.05, 4.69) is 27.2 Å². The first-order chi connectivity index (χ1) is 7.95. The topological polar surface area (TPSA) is 34.0 Å². The van der Waals surface area contributed by atoms with Crippen LogP contribution in [0.2, 0.25) is 0 Å². The molecule has 0 radical (unpaired) electrons. The lowest BCUT2D eigenvalue weighted by Crippen LogP contribution is -2.33. The van der Waals surface area contributed by atoms with Crippen molar-refractivity contribution in [2.75, 3.05) is 0 Å². The highest BCUT2D eigenvalue weighted by Gasteiger charge is 2.16. The molecule has 92 valence electrons. The highest BCUT2D eigenvalue weighted by Crippen LogP contribution is 2.19. The summed E-state index contributed by atoms with van der Waals surface area (Å²) in [6.07, 6.45) is 7.66. The van der Waals surface area contributed by atoms with Crippen LogP contribution in [0.5, 0.6) is 0 Å². The standard InChI is InChI=1S/C13H17BrN2O/c1-5-6-10(4)15-13(17)12-7-11(14)8-16(12)9(2)3/h1,7-10H,6H2,2-4H3,(H,15,17). The van der Waals surface area contributed by atoms with Crippen LogP contribution >= 0.6 is 15.9 Å². The second-order valence-electron chi connectivity index (χ2n) is 4.33. The first-order valence-corrected chi connectivity index (χ1v) is 6.36. The van der Waals surface area contributed by atoms with Gasteiger partial charge in [-0.2, -0.15) is 0 Å². The average Bonchev–Trinajstić information content (AvgIpc) is 2.60. The number of nitrogens with one attached hydrogen (secondary N) is 1. The molecule has 17 heavy (non-hydrogen) atoms. The zero-order valence-electron chi connectivity index (χ0n) is 10.3. The quantitative estimate of drug-likeness (QED) is 0.852. The summed E-state index contributed by atoms with van der Waals surface area (Å²) < 4.78 is 2.84. The second kappa shape index (κ2) is 5.92. The zero-order chi connectivity index (χ0) is 13.0. The predicted octanol–water partition coefficient (Wildman–Crippen LogP) is 2.97. The van der Waals surface area contributed by atoms with Gasteiger partial charge in [0.05, 0.1) is 0 Å². The minimum atomic E-state index is -0.0906. The van der Waals surface area contributed by atoms with Gasteiger partial charge in [0.2, 0.25) is 0 Å². The Morgan fingerprint density at radius 2 is 2.24 bits per heavy atom. The molecule has 0 aromatic carbocycles. The molecule has 1 aromatic rings. The van der Waals surface area contributed by atoms with Crippen molar-refractivity contribution in [1.82, 2.24) is 9.88 Å². The second-order valence-corrected chi connectivity index (χ2v) is 5.24. The van der Waals surface area contributed by atoms with E-state index in [1.165, 1.54) is 0 Å². The van der Waals surface area contributed by atoms with Crippen LogP contribution in [-0.4, -0.2) is 16.5 Å². The Bertz CT molecular complexity index is 443. The maximum atomic E-state index is 12.0. The number of nitrogens with zero attached hydrogens (tertiary/aromatic N) is 1. The van der Waals surface area contributed by atoms with Crippen LogP contribution in [0.1, 0.15) is 43.7 Å². The average molecular weight is 297 g/mol. The van der Waals surface area contributed by atoms with Gasteiger partial charge < -0.3 is 9.88 Å². The van der Waals surface area contributed by atoms with Crippen molar-refractivity contribution < 1.29 is 4.79 Å². The van der Waals surface area contributed by atoms with E-state index in [-0.39, 0.29) is 18.0 Å². The number of hydrogen-bond donors (Lipinski definition) is 1. The van der Waals surface area contributed by atoms with Crippen LogP contribution < -0.4 is 5.32 Å². The van der Waals surface area contributed by atoms with Crippen LogP contribution in [0.15, 0.2) is 16.7 Å². The fourth-order valence-electron chi connectivity index (χ4n) is 1.58. The monoisotopic (exact) mass is 296 g/mol. The maximum absolute atomic E-state index is 12.0. The summed E-state index contributed by atoms with van der Waals surface area (Å²) in [5.74, 6) is 2.45. The number of carbonyl (C=O) groups is 1. The summed E-state index contributed by atoms with van der Waals surface area (Å²) in [5, 5.41) is 2.88. The van der Waals surface area contributed by atoms with Crippen LogP contribution in [0.4, 0.5) is 0 Å². The molecule has 0 aliphatic heterocycles. The zero-order valence-corrected chi connectivity index (χ0v) is 11.9. The molecule has 0 saturated carbocycles. The molecular formula is C13H17BrN2O. The van der Waals surface area contributed by atoms with Crippen molar-refractivity contribution in [3.05, 3.63) is 22.4 Å². The highest BCUT2D eigenvalue weighted by molar-refractivity contribution is 9.10. The summed E-state index contributed by atoms with van der Waals surface area (Å²) in [5.41, 5.74) is 0.649. The molecule has 1 unspecified atom stereocenters. The molecule has 0 bridgehead atoms. The fourth-order valence-corrected chi connectivity index (χ4v) is 2.02. The smallest absolute Gasteiger partial charge is 0.268 e. The van der Waals surface area contributed by atoms with Gasteiger partial charge in [0.15, 0.2) is 0 Å². The number of carbonyl (C=O) groups excluding carboxylic acids is 1. The van der Waals surface area contributed by atoms with Crippen molar-refractivity contribution >= 4 is 21.8 Å². The summed E-state index contributed by atoms with van der Waals surface area (Å²) in [6, 6.07) is 2.05. The number of halogens is 1. The van der Waals surface area contributed by atoms with Gasteiger partial charge >= 0.3 is 0 Å². The molecule has 0 saturated heterocycles. The van der Waals surface area contributed by atoms with Gasteiger partial charge in [-0.05, 0) is 42.8 Å². The van der Waals surface area contributed by atoms with Crippen LogP contribution in [-0.2, 0) is 0 Å². The van der Waals surface area contributed by atoms with Crippen molar-refractivity contribution in [3.63, 3.8) is 0 Å². The van der Waals surface area contributed by atoms with Crippen LogP contribution in [0.25, 0.3) is 0 Å². The Labute approximate surface area is 111 Å². The number of aromatic nitrogens is 1. The molecule has 1 aromatic heterocycles. The van der Waals surface area contributed by atoms with Gasteiger partial charge in [0, 0.05) is 29.2 Å². The van der Waals surface area contributed by atoms with E-state index in [0.717, 1.165) is 4.47 Å². The summed E-state index contributed by atoms with van der Waals surface area (Å²) in [7, 11) is 0. The lowest BCUT2D eigenvalue weighted by atomic mass is 10.2. The molecule has 0 aliphatic rings. The first kappa shape index (κ1) is 13.9. The van der Waals surface area contributed by atoms with Gasteiger partial charge in [0.25, 0.3) is 5.91 Å². The Hall–Kier alpha value is -1.21. The molecule has 0 fully saturated rings. The number of amides is 1. The van der Waals surface area contributed by atoms with Gasteiger partial charge in [-0.3, -0.25) is 4.79 Å². The molecule has 4 heteroatoms. The molecule has 1 N–H and O–H groups in total. The van der Waals surface area contributed by atoms with Crippen LogP contribution in [0, 0.1) is 12.3 Å². The van der Waals surface area contributed by atoms with E-state index in [1.807, 2.05) is 37.6 Å². The van der Waals surface area contributed by atoms with Gasteiger partial charge in [-0.25, -0.2) is 0 Å². The van der Waals surface area contributed by atoms with Crippen molar-refractivity contribution in [2.45, 2.75) is 39.3 Å². The number of hydrogen-bond acceptors (Lipinski definition) is 1. The molecular weight excluding hydrogens is 280 g/mol. The third-order valence-electron chi connectivity index (χ3n) is 2.41. The number of rotatable bonds is 4. The summed E-state index contributed by atoms with van der Waals surface area (Å²) in [4.78, 5) is 12.0. The van der Waals surface area contributed by atoms with Crippen molar-refractivity contribution in [1.29, 1.82) is 0 Å². The molecule has 0 aliphatic carbocycles. The van der Waals surface area contributed by atoms with E-state index in [9.17, 15) is 4.79 Å². The summed E-state index contributed by atoms with van der Waals surface area (Å²) >= 11 is 3.38. The van der Waals surface area contributed by atoms with Crippen molar-refractivity contribution in [2.24, 2.45) is 0 Å². The lowest BCUT2D eigenvalue weighted by Gasteiger charge is -2.15. The Balaban J connectivity index is 2.85. The van der Waals surface area contributed by atoms with Gasteiger partial charge in [-0.15, -0.1) is 12.3 Å². The SMILES string of the molecule is C#CCC(C)NC(=O)c1cc(Br)cn1C(C)C. The minimum Gasteiger partial charge on any atom is -0.347 e. The molecule has 3 nitrogen and oxygen atoms in total. The number of terminal acetylenes is 1. The molecule has 1 rings (SSSR count). The van der Waals surface area contributed by atoms with Gasteiger partial charge in [0.1, 0.15) is 5.69 Å². The lowest BCUT2D eigenvalue weighted by molar-refractivity contribution is 0.0930.